The highest BCUT2D eigenvalue weighted by molar-refractivity contribution is 6.17. The van der Waals surface area contributed by atoms with Crippen molar-refractivity contribution in [2.75, 3.05) is 4.90 Å². The lowest BCUT2D eigenvalue weighted by molar-refractivity contribution is 1.18. The standard InChI is InChI=1S/C48H30N2/c1-3-14-31(15-4-1)49(33-28-29-44-42(30-33)35-19-9-10-26-43(35)50(44)32-16-5-2-6-17-32)45-27-13-25-41-47-37-21-11-22-38(47)39-23-12-24-40(48(41)45)46(39)36-20-8-7-18-34(36)37/h1-30H. The minimum absolute atomic E-state index is 1.12. The Morgan fingerprint density at radius 2 is 0.860 bits per heavy atom. The number of fused-ring (bicyclic) bond motifs is 7. The van der Waals surface area contributed by atoms with E-state index in [1.807, 2.05) is 0 Å². The van der Waals surface area contributed by atoms with Gasteiger partial charge in [0.2, 0.25) is 0 Å². The number of anilines is 3. The molecule has 0 saturated carbocycles. The van der Waals surface area contributed by atoms with Crippen LogP contribution in [0.5, 0.6) is 0 Å². The molecule has 9 aromatic rings. The second-order valence-electron chi connectivity index (χ2n) is 13.3. The van der Waals surface area contributed by atoms with Crippen LogP contribution >= 0.6 is 0 Å². The molecular formula is C48H30N2. The van der Waals surface area contributed by atoms with Gasteiger partial charge in [0.1, 0.15) is 0 Å². The quantitative estimate of drug-likeness (QED) is 0.187. The monoisotopic (exact) mass is 634 g/mol. The van der Waals surface area contributed by atoms with Crippen LogP contribution in [0.4, 0.5) is 17.1 Å². The van der Waals surface area contributed by atoms with Crippen molar-refractivity contribution in [3.05, 3.63) is 182 Å². The topological polar surface area (TPSA) is 8.17 Å². The van der Waals surface area contributed by atoms with Crippen LogP contribution in [0, 0.1) is 0 Å². The molecule has 0 atom stereocenters. The molecule has 2 aliphatic rings. The zero-order valence-electron chi connectivity index (χ0n) is 27.2. The number of aromatic nitrogens is 1. The number of para-hydroxylation sites is 3. The molecule has 2 nitrogen and oxygen atoms in total. The zero-order chi connectivity index (χ0) is 32.8. The highest BCUT2D eigenvalue weighted by Crippen LogP contribution is 2.59. The predicted octanol–water partition coefficient (Wildman–Crippen LogP) is 13.2. The fourth-order valence-electron chi connectivity index (χ4n) is 8.68. The number of hydrogen-bond acceptors (Lipinski definition) is 1. The second-order valence-corrected chi connectivity index (χ2v) is 13.3. The van der Waals surface area contributed by atoms with E-state index in [2.05, 4.69) is 191 Å². The number of rotatable bonds is 4. The summed E-state index contributed by atoms with van der Waals surface area (Å²) >= 11 is 0. The molecule has 0 radical (unpaired) electrons. The van der Waals surface area contributed by atoms with Crippen molar-refractivity contribution in [3.8, 4) is 61.3 Å². The molecule has 0 spiro atoms. The summed E-state index contributed by atoms with van der Waals surface area (Å²) in [4.78, 5) is 2.46. The highest BCUT2D eigenvalue weighted by atomic mass is 15.1. The van der Waals surface area contributed by atoms with E-state index >= 15 is 0 Å². The van der Waals surface area contributed by atoms with Crippen LogP contribution in [0.15, 0.2) is 182 Å². The molecule has 0 fully saturated rings. The van der Waals surface area contributed by atoms with Gasteiger partial charge in [-0.2, -0.15) is 0 Å². The maximum absolute atomic E-state index is 2.46. The van der Waals surface area contributed by atoms with Crippen LogP contribution in [-0.2, 0) is 0 Å². The van der Waals surface area contributed by atoms with E-state index in [0.29, 0.717) is 0 Å². The summed E-state index contributed by atoms with van der Waals surface area (Å²) in [6.07, 6.45) is 0. The van der Waals surface area contributed by atoms with Crippen molar-refractivity contribution < 1.29 is 0 Å². The molecule has 2 heteroatoms. The van der Waals surface area contributed by atoms with Gasteiger partial charge in [0, 0.05) is 33.4 Å². The summed E-state index contributed by atoms with van der Waals surface area (Å²) in [6, 6.07) is 66.8. The zero-order valence-corrected chi connectivity index (χ0v) is 27.2. The van der Waals surface area contributed by atoms with Gasteiger partial charge < -0.3 is 9.47 Å². The molecule has 50 heavy (non-hydrogen) atoms. The summed E-state index contributed by atoms with van der Waals surface area (Å²) in [5.74, 6) is 0. The van der Waals surface area contributed by atoms with Crippen LogP contribution in [0.25, 0.3) is 83.1 Å². The summed E-state index contributed by atoms with van der Waals surface area (Å²) in [5.41, 5.74) is 19.9. The minimum Gasteiger partial charge on any atom is -0.310 e. The molecule has 8 aromatic carbocycles. The third kappa shape index (κ3) is 3.73. The third-order valence-corrected chi connectivity index (χ3v) is 10.7. The number of hydrogen-bond donors (Lipinski definition) is 0. The summed E-state index contributed by atoms with van der Waals surface area (Å²) < 4.78 is 2.38. The first kappa shape index (κ1) is 27.3. The van der Waals surface area contributed by atoms with Crippen LogP contribution in [0.2, 0.25) is 0 Å². The van der Waals surface area contributed by atoms with Gasteiger partial charge in [-0.1, -0.05) is 127 Å². The Morgan fingerprint density at radius 3 is 1.64 bits per heavy atom. The van der Waals surface area contributed by atoms with Gasteiger partial charge in [-0.25, -0.2) is 0 Å². The van der Waals surface area contributed by atoms with E-state index in [9.17, 15) is 0 Å². The summed E-state index contributed by atoms with van der Waals surface area (Å²) in [5, 5.41) is 2.47. The molecule has 2 aliphatic carbocycles. The maximum Gasteiger partial charge on any atom is 0.0546 e. The molecular weight excluding hydrogens is 605 g/mol. The fraction of sp³-hybridized carbons (Fsp3) is 0. The van der Waals surface area contributed by atoms with E-state index in [4.69, 9.17) is 0 Å². The van der Waals surface area contributed by atoms with Crippen LogP contribution in [-0.4, -0.2) is 4.57 Å². The van der Waals surface area contributed by atoms with Gasteiger partial charge in [-0.15, -0.1) is 0 Å². The first-order valence-corrected chi connectivity index (χ1v) is 17.3. The van der Waals surface area contributed by atoms with Crippen molar-refractivity contribution in [2.24, 2.45) is 0 Å². The SMILES string of the molecule is c1ccc(N(c2ccc3c(c2)c2ccccc2n3-c2ccccc2)c2cccc3c2-c2cccc4c2-c2ccccc2-c2cccc-4c2-3)cc1. The van der Waals surface area contributed by atoms with E-state index in [0.717, 1.165) is 17.1 Å². The molecule has 6 bridgehead atoms. The van der Waals surface area contributed by atoms with Crippen molar-refractivity contribution in [3.63, 3.8) is 0 Å². The molecule has 0 N–H and O–H groups in total. The molecule has 232 valence electrons. The predicted molar refractivity (Wildman–Crippen MR) is 210 cm³/mol. The van der Waals surface area contributed by atoms with Gasteiger partial charge in [0.25, 0.3) is 0 Å². The van der Waals surface area contributed by atoms with Gasteiger partial charge in [0.15, 0.2) is 0 Å². The molecule has 0 saturated heterocycles. The molecule has 11 rings (SSSR count). The molecule has 1 aromatic heterocycles. The van der Waals surface area contributed by atoms with E-state index in [-0.39, 0.29) is 0 Å². The van der Waals surface area contributed by atoms with Crippen molar-refractivity contribution >= 4 is 38.9 Å². The Kier molecular flexibility index (Phi) is 5.70. The first-order valence-electron chi connectivity index (χ1n) is 17.3. The Hall–Kier alpha value is -6.64. The smallest absolute Gasteiger partial charge is 0.0546 e. The van der Waals surface area contributed by atoms with E-state index in [1.165, 1.54) is 83.1 Å². The minimum atomic E-state index is 1.12. The molecule has 0 amide bonds. The Labute approximate surface area is 290 Å². The maximum atomic E-state index is 2.46. The van der Waals surface area contributed by atoms with Gasteiger partial charge in [-0.3, -0.25) is 0 Å². The largest absolute Gasteiger partial charge is 0.310 e. The molecule has 0 unspecified atom stereocenters. The van der Waals surface area contributed by atoms with Gasteiger partial charge in [0.05, 0.1) is 16.7 Å². The van der Waals surface area contributed by atoms with Crippen molar-refractivity contribution in [1.29, 1.82) is 0 Å². The normalized spacial score (nSPS) is 12.0. The van der Waals surface area contributed by atoms with E-state index in [1.54, 1.807) is 0 Å². The summed E-state index contributed by atoms with van der Waals surface area (Å²) in [7, 11) is 0. The second kappa shape index (κ2) is 10.4. The van der Waals surface area contributed by atoms with Crippen LogP contribution in [0.3, 0.4) is 0 Å². The third-order valence-electron chi connectivity index (χ3n) is 10.7. The number of benzene rings is 8. The lowest BCUT2D eigenvalue weighted by atomic mass is 9.83. The van der Waals surface area contributed by atoms with E-state index < -0.39 is 0 Å². The molecule has 1 heterocycles. The Balaban J connectivity index is 1.23. The van der Waals surface area contributed by atoms with Gasteiger partial charge in [-0.05, 0) is 105 Å². The Morgan fingerprint density at radius 1 is 0.320 bits per heavy atom. The lowest BCUT2D eigenvalue weighted by Gasteiger charge is -2.30. The van der Waals surface area contributed by atoms with Gasteiger partial charge >= 0.3 is 0 Å². The van der Waals surface area contributed by atoms with Crippen molar-refractivity contribution in [2.45, 2.75) is 0 Å². The molecule has 0 aliphatic heterocycles. The van der Waals surface area contributed by atoms with Crippen molar-refractivity contribution in [1.82, 2.24) is 4.57 Å². The van der Waals surface area contributed by atoms with Crippen LogP contribution in [0.1, 0.15) is 0 Å². The summed E-state index contributed by atoms with van der Waals surface area (Å²) in [6.45, 7) is 0. The average molecular weight is 635 g/mol. The average Bonchev–Trinajstić information content (AvgIpc) is 3.45. The Bertz CT molecular complexity index is 2780. The fourth-order valence-corrected chi connectivity index (χ4v) is 8.68. The lowest BCUT2D eigenvalue weighted by Crippen LogP contribution is -2.12. The van der Waals surface area contributed by atoms with Crippen LogP contribution < -0.4 is 4.90 Å². The highest BCUT2D eigenvalue weighted by Gasteiger charge is 2.33. The number of nitrogens with zero attached hydrogens (tertiary/aromatic N) is 2. The first-order chi connectivity index (χ1) is 24.8.